The Bertz CT molecular complexity index is 829. The first-order valence-corrected chi connectivity index (χ1v) is 10.1. The van der Waals surface area contributed by atoms with Crippen LogP contribution in [0.2, 0.25) is 0 Å². The number of nitrogens with zero attached hydrogens (tertiary/aromatic N) is 2. The van der Waals surface area contributed by atoms with Crippen LogP contribution in [0.15, 0.2) is 34.9 Å². The van der Waals surface area contributed by atoms with Gasteiger partial charge in [0.15, 0.2) is 5.76 Å². The van der Waals surface area contributed by atoms with E-state index >= 15 is 0 Å². The molecule has 0 unspecified atom stereocenters. The summed E-state index contributed by atoms with van der Waals surface area (Å²) in [5.41, 5.74) is 2.01. The number of likely N-dealkylation sites (tertiary alicyclic amines) is 1. The van der Waals surface area contributed by atoms with Crippen molar-refractivity contribution in [2.45, 2.75) is 45.6 Å². The van der Waals surface area contributed by atoms with Crippen molar-refractivity contribution in [1.82, 2.24) is 15.4 Å². The van der Waals surface area contributed by atoms with Gasteiger partial charge in [-0.05, 0) is 36.5 Å². The number of carbonyl (C=O) groups is 2. The molecule has 0 radical (unpaired) electrons. The van der Waals surface area contributed by atoms with E-state index in [2.05, 4.69) is 10.5 Å². The fraction of sp³-hybridized carbons (Fsp3) is 0.500. The van der Waals surface area contributed by atoms with Gasteiger partial charge in [0, 0.05) is 25.6 Å². The highest BCUT2D eigenvalue weighted by Gasteiger charge is 2.30. The van der Waals surface area contributed by atoms with Gasteiger partial charge in [0.1, 0.15) is 5.75 Å². The first kappa shape index (κ1) is 20.9. The lowest BCUT2D eigenvalue weighted by Gasteiger charge is -2.32. The summed E-state index contributed by atoms with van der Waals surface area (Å²) in [4.78, 5) is 26.7. The minimum absolute atomic E-state index is 0.0468. The maximum atomic E-state index is 12.6. The molecule has 29 heavy (non-hydrogen) atoms. The summed E-state index contributed by atoms with van der Waals surface area (Å²) in [5, 5.41) is 6.92. The van der Waals surface area contributed by atoms with Gasteiger partial charge < -0.3 is 19.5 Å². The Morgan fingerprint density at radius 1 is 1.34 bits per heavy atom. The van der Waals surface area contributed by atoms with Gasteiger partial charge in [-0.1, -0.05) is 31.1 Å². The summed E-state index contributed by atoms with van der Waals surface area (Å²) in [5.74, 6) is 1.61. The first-order valence-electron chi connectivity index (χ1n) is 10.1. The van der Waals surface area contributed by atoms with Crippen molar-refractivity contribution >= 4 is 11.8 Å². The zero-order chi connectivity index (χ0) is 20.8. The predicted molar refractivity (Wildman–Crippen MR) is 108 cm³/mol. The van der Waals surface area contributed by atoms with Gasteiger partial charge in [0.2, 0.25) is 11.8 Å². The standard InChI is InChI=1S/C22H29N3O4/c1-15(2)20-12-19(29-24-20)13-23-22(27)17-6-9-21(26)25(14-17)11-10-16-4-7-18(28-3)8-5-16/h4-5,7-8,12,15,17H,6,9-11,13-14H2,1-3H3,(H,23,27)/t17-/m0/s1. The van der Waals surface area contributed by atoms with E-state index in [9.17, 15) is 9.59 Å². The monoisotopic (exact) mass is 399 g/mol. The second-order valence-corrected chi connectivity index (χ2v) is 7.76. The Morgan fingerprint density at radius 3 is 2.76 bits per heavy atom. The molecule has 7 heteroatoms. The highest BCUT2D eigenvalue weighted by molar-refractivity contribution is 5.83. The van der Waals surface area contributed by atoms with Gasteiger partial charge in [-0.2, -0.15) is 0 Å². The SMILES string of the molecule is COc1ccc(CCN2C[C@@H](C(=O)NCc3cc(C(C)C)no3)CCC2=O)cc1. The van der Waals surface area contributed by atoms with Gasteiger partial charge in [-0.3, -0.25) is 9.59 Å². The smallest absolute Gasteiger partial charge is 0.225 e. The summed E-state index contributed by atoms with van der Waals surface area (Å²) in [7, 11) is 1.64. The third kappa shape index (κ3) is 5.59. The number of hydrogen-bond donors (Lipinski definition) is 1. The number of carbonyl (C=O) groups excluding carboxylic acids is 2. The van der Waals surface area contributed by atoms with Gasteiger partial charge in [-0.25, -0.2) is 0 Å². The molecule has 0 aliphatic carbocycles. The molecule has 1 fully saturated rings. The molecule has 1 aromatic carbocycles. The van der Waals surface area contributed by atoms with Crippen LogP contribution in [0.3, 0.4) is 0 Å². The highest BCUT2D eigenvalue weighted by atomic mass is 16.5. The Hall–Kier alpha value is -2.83. The molecule has 2 aromatic rings. The second kappa shape index (κ2) is 9.58. The lowest BCUT2D eigenvalue weighted by Crippen LogP contribution is -2.46. The van der Waals surface area contributed by atoms with Crippen molar-refractivity contribution in [3.05, 3.63) is 47.3 Å². The Labute approximate surface area is 171 Å². The van der Waals surface area contributed by atoms with Crippen LogP contribution in [0.25, 0.3) is 0 Å². The number of rotatable bonds is 8. The van der Waals surface area contributed by atoms with E-state index in [1.54, 1.807) is 12.0 Å². The molecule has 1 aromatic heterocycles. The summed E-state index contributed by atoms with van der Waals surface area (Å²) in [6.07, 6.45) is 1.73. The molecule has 2 heterocycles. The van der Waals surface area contributed by atoms with Crippen LogP contribution < -0.4 is 10.1 Å². The molecule has 1 atom stereocenters. The third-order valence-corrected chi connectivity index (χ3v) is 5.31. The molecule has 7 nitrogen and oxygen atoms in total. The zero-order valence-electron chi connectivity index (χ0n) is 17.3. The quantitative estimate of drug-likeness (QED) is 0.738. The summed E-state index contributed by atoms with van der Waals surface area (Å²) >= 11 is 0. The largest absolute Gasteiger partial charge is 0.497 e. The van der Waals surface area contributed by atoms with Crippen molar-refractivity contribution in [1.29, 1.82) is 0 Å². The van der Waals surface area contributed by atoms with Crippen molar-refractivity contribution in [3.8, 4) is 5.75 Å². The van der Waals surface area contributed by atoms with Crippen LogP contribution in [0.5, 0.6) is 5.75 Å². The van der Waals surface area contributed by atoms with Crippen molar-refractivity contribution in [3.63, 3.8) is 0 Å². The number of amides is 2. The minimum Gasteiger partial charge on any atom is -0.497 e. The molecule has 1 aliphatic rings. The number of aromatic nitrogens is 1. The van der Waals surface area contributed by atoms with E-state index in [1.807, 2.05) is 44.2 Å². The van der Waals surface area contributed by atoms with E-state index in [1.165, 1.54) is 0 Å². The van der Waals surface area contributed by atoms with Gasteiger partial charge >= 0.3 is 0 Å². The highest BCUT2D eigenvalue weighted by Crippen LogP contribution is 2.20. The Morgan fingerprint density at radius 2 is 2.10 bits per heavy atom. The fourth-order valence-electron chi connectivity index (χ4n) is 3.40. The molecule has 1 N–H and O–H groups in total. The predicted octanol–water partition coefficient (Wildman–Crippen LogP) is 2.90. The Kier molecular flexibility index (Phi) is 6.90. The van der Waals surface area contributed by atoms with E-state index in [0.29, 0.717) is 38.2 Å². The zero-order valence-corrected chi connectivity index (χ0v) is 17.3. The summed E-state index contributed by atoms with van der Waals surface area (Å²) < 4.78 is 10.4. The molecule has 1 saturated heterocycles. The maximum Gasteiger partial charge on any atom is 0.225 e. The molecule has 2 amide bonds. The van der Waals surface area contributed by atoms with E-state index in [4.69, 9.17) is 9.26 Å². The lowest BCUT2D eigenvalue weighted by atomic mass is 9.96. The van der Waals surface area contributed by atoms with E-state index in [0.717, 1.165) is 23.4 Å². The molecule has 0 spiro atoms. The number of nitrogens with one attached hydrogen (secondary N) is 1. The lowest BCUT2D eigenvalue weighted by molar-refractivity contribution is -0.138. The van der Waals surface area contributed by atoms with Crippen LogP contribution in [-0.4, -0.2) is 42.1 Å². The van der Waals surface area contributed by atoms with E-state index < -0.39 is 0 Å². The van der Waals surface area contributed by atoms with Gasteiger partial charge in [0.05, 0.1) is 25.3 Å². The van der Waals surface area contributed by atoms with Crippen molar-refractivity contribution < 1.29 is 18.8 Å². The topological polar surface area (TPSA) is 84.7 Å². The van der Waals surface area contributed by atoms with Crippen LogP contribution in [0.1, 0.15) is 49.6 Å². The third-order valence-electron chi connectivity index (χ3n) is 5.31. The normalized spacial score (nSPS) is 16.9. The number of piperidine rings is 1. The number of benzene rings is 1. The van der Waals surface area contributed by atoms with Crippen LogP contribution >= 0.6 is 0 Å². The molecule has 0 bridgehead atoms. The summed E-state index contributed by atoms with van der Waals surface area (Å²) in [6.45, 7) is 5.46. The average Bonchev–Trinajstić information content (AvgIpc) is 3.21. The fourth-order valence-corrected chi connectivity index (χ4v) is 3.40. The maximum absolute atomic E-state index is 12.6. The van der Waals surface area contributed by atoms with E-state index in [-0.39, 0.29) is 23.7 Å². The molecular formula is C22H29N3O4. The average molecular weight is 399 g/mol. The van der Waals surface area contributed by atoms with Crippen LogP contribution in [0.4, 0.5) is 0 Å². The van der Waals surface area contributed by atoms with Crippen LogP contribution in [-0.2, 0) is 22.6 Å². The second-order valence-electron chi connectivity index (χ2n) is 7.76. The molecule has 0 saturated carbocycles. The van der Waals surface area contributed by atoms with Crippen molar-refractivity contribution in [2.75, 3.05) is 20.2 Å². The van der Waals surface area contributed by atoms with Gasteiger partial charge in [0.25, 0.3) is 0 Å². The van der Waals surface area contributed by atoms with Gasteiger partial charge in [-0.15, -0.1) is 0 Å². The minimum atomic E-state index is -0.198. The number of methoxy groups -OCH3 is 1. The molecular weight excluding hydrogens is 370 g/mol. The summed E-state index contributed by atoms with van der Waals surface area (Å²) in [6, 6.07) is 9.70. The molecule has 3 rings (SSSR count). The van der Waals surface area contributed by atoms with Crippen molar-refractivity contribution in [2.24, 2.45) is 5.92 Å². The number of ether oxygens (including phenoxy) is 1. The Balaban J connectivity index is 1.49. The molecule has 1 aliphatic heterocycles. The molecule has 156 valence electrons. The van der Waals surface area contributed by atoms with Crippen LogP contribution in [0, 0.1) is 5.92 Å². The number of hydrogen-bond acceptors (Lipinski definition) is 5. The first-order chi connectivity index (χ1) is 14.0.